The number of nitrogens with one attached hydrogen (secondary N) is 2. The summed E-state index contributed by atoms with van der Waals surface area (Å²) in [4.78, 5) is 11.0. The van der Waals surface area contributed by atoms with Crippen LogP contribution in [0.3, 0.4) is 0 Å². The number of benzene rings is 2. The lowest BCUT2D eigenvalue weighted by atomic mass is 10.1. The van der Waals surface area contributed by atoms with Gasteiger partial charge in [0.1, 0.15) is 12.7 Å². The minimum absolute atomic E-state index is 0. The van der Waals surface area contributed by atoms with E-state index in [2.05, 4.69) is 73.1 Å². The molecule has 8 heteroatoms. The maximum Gasteiger partial charge on any atom is 0.191 e. The van der Waals surface area contributed by atoms with E-state index in [-0.39, 0.29) is 24.0 Å². The first-order chi connectivity index (χ1) is 14.8. The van der Waals surface area contributed by atoms with Gasteiger partial charge in [0.2, 0.25) is 0 Å². The van der Waals surface area contributed by atoms with Gasteiger partial charge in [-0.05, 0) is 49.2 Å². The molecule has 3 aromatic rings. The molecule has 0 bridgehead atoms. The molecule has 7 nitrogen and oxygen atoms in total. The summed E-state index contributed by atoms with van der Waals surface area (Å²) in [7, 11) is 1.82. The maximum atomic E-state index is 4.41. The van der Waals surface area contributed by atoms with E-state index in [1.807, 2.05) is 19.2 Å². The second-order valence-electron chi connectivity index (χ2n) is 7.48. The topological polar surface area (TPSA) is 70.4 Å². The molecule has 2 heterocycles. The molecule has 2 aromatic carbocycles. The van der Waals surface area contributed by atoms with Crippen molar-refractivity contribution in [3.05, 3.63) is 78.4 Å². The third kappa shape index (κ3) is 6.27. The molecule has 1 fully saturated rings. The molecule has 1 aliphatic heterocycles. The van der Waals surface area contributed by atoms with Gasteiger partial charge in [-0.2, -0.15) is 5.10 Å². The highest BCUT2D eigenvalue weighted by atomic mass is 127. The van der Waals surface area contributed by atoms with Crippen LogP contribution in [0, 0.1) is 0 Å². The van der Waals surface area contributed by atoms with Gasteiger partial charge in [-0.3, -0.25) is 9.89 Å². The molecule has 1 atom stereocenters. The average Bonchev–Trinajstić information content (AvgIpc) is 3.52. The maximum absolute atomic E-state index is 4.41. The quantitative estimate of drug-likeness (QED) is 0.278. The number of aliphatic imine (C=N–C) groups is 1. The van der Waals surface area contributed by atoms with Gasteiger partial charge in [-0.15, -0.1) is 24.0 Å². The third-order valence-electron chi connectivity index (χ3n) is 5.53. The molecule has 1 unspecified atom stereocenters. The Bertz CT molecular complexity index is 920. The van der Waals surface area contributed by atoms with Gasteiger partial charge in [0, 0.05) is 20.1 Å². The Labute approximate surface area is 201 Å². The molecule has 1 saturated heterocycles. The predicted molar refractivity (Wildman–Crippen MR) is 135 cm³/mol. The van der Waals surface area contributed by atoms with E-state index in [1.54, 1.807) is 11.0 Å². The number of aromatic nitrogens is 3. The van der Waals surface area contributed by atoms with E-state index >= 15 is 0 Å². The minimum atomic E-state index is 0. The van der Waals surface area contributed by atoms with Crippen LogP contribution in [0.25, 0.3) is 5.69 Å². The van der Waals surface area contributed by atoms with Crippen molar-refractivity contribution in [3.8, 4) is 5.69 Å². The minimum Gasteiger partial charge on any atom is -0.354 e. The Balaban J connectivity index is 0.00000272. The van der Waals surface area contributed by atoms with E-state index in [0.29, 0.717) is 12.6 Å². The zero-order valence-electron chi connectivity index (χ0n) is 17.8. The summed E-state index contributed by atoms with van der Waals surface area (Å²) in [5.74, 6) is 0.815. The Kier molecular flexibility index (Phi) is 8.84. The normalized spacial score (nSPS) is 15.3. The first-order valence-electron chi connectivity index (χ1n) is 10.5. The third-order valence-corrected chi connectivity index (χ3v) is 5.53. The lowest BCUT2D eigenvalue weighted by molar-refractivity contribution is 0.245. The number of halogens is 1. The monoisotopic (exact) mass is 531 g/mol. The SMILES string of the molecule is CN=C(NCc1ccc(-n2cncn2)cc1)NCC(c1ccccc1)N1CCCC1.I. The second kappa shape index (κ2) is 11.8. The summed E-state index contributed by atoms with van der Waals surface area (Å²) in [5, 5.41) is 11.1. The summed E-state index contributed by atoms with van der Waals surface area (Å²) in [6.07, 6.45) is 5.79. The molecule has 0 aliphatic carbocycles. The van der Waals surface area contributed by atoms with E-state index in [4.69, 9.17) is 0 Å². The smallest absolute Gasteiger partial charge is 0.191 e. The van der Waals surface area contributed by atoms with Crippen LogP contribution in [0.2, 0.25) is 0 Å². The van der Waals surface area contributed by atoms with Crippen molar-refractivity contribution in [2.75, 3.05) is 26.7 Å². The number of guanidine groups is 1. The molecular weight excluding hydrogens is 501 g/mol. The van der Waals surface area contributed by atoms with Crippen LogP contribution in [0.5, 0.6) is 0 Å². The summed E-state index contributed by atoms with van der Waals surface area (Å²) in [5.41, 5.74) is 3.53. The molecule has 31 heavy (non-hydrogen) atoms. The molecule has 0 saturated carbocycles. The van der Waals surface area contributed by atoms with E-state index < -0.39 is 0 Å². The fourth-order valence-electron chi connectivity index (χ4n) is 3.89. The molecule has 1 aliphatic rings. The van der Waals surface area contributed by atoms with E-state index in [0.717, 1.165) is 31.3 Å². The largest absolute Gasteiger partial charge is 0.354 e. The summed E-state index contributed by atoms with van der Waals surface area (Å²) < 4.78 is 1.75. The molecule has 0 amide bonds. The fourth-order valence-corrected chi connectivity index (χ4v) is 3.89. The van der Waals surface area contributed by atoms with Crippen LogP contribution in [-0.2, 0) is 6.54 Å². The van der Waals surface area contributed by atoms with Gasteiger partial charge in [0.05, 0.1) is 11.7 Å². The van der Waals surface area contributed by atoms with Crippen LogP contribution < -0.4 is 10.6 Å². The predicted octanol–water partition coefficient (Wildman–Crippen LogP) is 3.39. The molecule has 2 N–H and O–H groups in total. The van der Waals surface area contributed by atoms with Crippen molar-refractivity contribution in [2.24, 2.45) is 4.99 Å². The molecular formula is C23H30IN7. The Hall–Kier alpha value is -2.46. The van der Waals surface area contributed by atoms with E-state index in [1.165, 1.54) is 30.3 Å². The van der Waals surface area contributed by atoms with Crippen molar-refractivity contribution in [1.29, 1.82) is 0 Å². The Morgan fingerprint density at radius 3 is 2.42 bits per heavy atom. The van der Waals surface area contributed by atoms with Crippen LogP contribution in [0.4, 0.5) is 0 Å². The van der Waals surface area contributed by atoms with Gasteiger partial charge in [0.25, 0.3) is 0 Å². The number of nitrogens with zero attached hydrogens (tertiary/aromatic N) is 5. The van der Waals surface area contributed by atoms with Crippen LogP contribution in [0.15, 0.2) is 72.2 Å². The number of hydrogen-bond donors (Lipinski definition) is 2. The van der Waals surface area contributed by atoms with Crippen LogP contribution >= 0.6 is 24.0 Å². The lowest BCUT2D eigenvalue weighted by Gasteiger charge is -2.29. The van der Waals surface area contributed by atoms with Crippen molar-refractivity contribution >= 4 is 29.9 Å². The van der Waals surface area contributed by atoms with Crippen LogP contribution in [0.1, 0.15) is 30.0 Å². The van der Waals surface area contributed by atoms with Gasteiger partial charge < -0.3 is 10.6 Å². The molecule has 4 rings (SSSR count). The van der Waals surface area contributed by atoms with Gasteiger partial charge >= 0.3 is 0 Å². The van der Waals surface area contributed by atoms with Crippen molar-refractivity contribution in [1.82, 2.24) is 30.3 Å². The second-order valence-corrected chi connectivity index (χ2v) is 7.48. The molecule has 0 spiro atoms. The fraction of sp³-hybridized carbons (Fsp3) is 0.348. The van der Waals surface area contributed by atoms with Gasteiger partial charge in [0.15, 0.2) is 5.96 Å². The highest BCUT2D eigenvalue weighted by molar-refractivity contribution is 14.0. The standard InChI is InChI=1S/C23H29N7.HI/c1-24-23(26-15-19-9-11-21(12-10-19)30-18-25-17-28-30)27-16-22(29-13-5-6-14-29)20-7-3-2-4-8-20;/h2-4,7-12,17-18,22H,5-6,13-16H2,1H3,(H2,24,26,27);1H. The van der Waals surface area contributed by atoms with Gasteiger partial charge in [-0.25, -0.2) is 9.67 Å². The van der Waals surface area contributed by atoms with Crippen molar-refractivity contribution in [3.63, 3.8) is 0 Å². The highest BCUT2D eigenvalue weighted by Crippen LogP contribution is 2.24. The van der Waals surface area contributed by atoms with Crippen LogP contribution in [-0.4, -0.2) is 52.3 Å². The average molecular weight is 531 g/mol. The zero-order valence-corrected chi connectivity index (χ0v) is 20.1. The van der Waals surface area contributed by atoms with Crippen molar-refractivity contribution in [2.45, 2.75) is 25.4 Å². The summed E-state index contributed by atoms with van der Waals surface area (Å²) in [6.45, 7) is 3.85. The first kappa shape index (κ1) is 23.2. The number of rotatable bonds is 7. The summed E-state index contributed by atoms with van der Waals surface area (Å²) >= 11 is 0. The zero-order chi connectivity index (χ0) is 20.6. The lowest BCUT2D eigenvalue weighted by Crippen LogP contribution is -2.42. The van der Waals surface area contributed by atoms with Crippen molar-refractivity contribution < 1.29 is 0 Å². The number of hydrogen-bond acceptors (Lipinski definition) is 4. The Morgan fingerprint density at radius 1 is 1.03 bits per heavy atom. The molecule has 164 valence electrons. The first-order valence-corrected chi connectivity index (χ1v) is 10.5. The molecule has 0 radical (unpaired) electrons. The highest BCUT2D eigenvalue weighted by Gasteiger charge is 2.23. The number of likely N-dealkylation sites (tertiary alicyclic amines) is 1. The van der Waals surface area contributed by atoms with Gasteiger partial charge in [-0.1, -0.05) is 42.5 Å². The summed E-state index contributed by atoms with van der Waals surface area (Å²) in [6, 6.07) is 19.4. The Morgan fingerprint density at radius 2 is 1.77 bits per heavy atom. The molecule has 1 aromatic heterocycles. The van der Waals surface area contributed by atoms with E-state index in [9.17, 15) is 0 Å².